The molecule has 0 unspecified atom stereocenters. The number of aromatic nitrogens is 5. The van der Waals surface area contributed by atoms with Gasteiger partial charge in [0.15, 0.2) is 17.2 Å². The normalized spacial score (nSPS) is 15.3. The molecule has 5 rings (SSSR count). The van der Waals surface area contributed by atoms with Crippen molar-refractivity contribution in [2.75, 3.05) is 0 Å². The number of nitrogens with zero attached hydrogens (tertiary/aromatic N) is 5. The molecule has 0 saturated carbocycles. The molecule has 0 radical (unpaired) electrons. The molecule has 1 N–H and O–H groups in total. The number of hydrogen-bond donors (Lipinski definition) is 1. The SMILES string of the molecule is O[C@@H]1c2cc(-c3ccccc3)cnc2Sc2nc(-c3ccncc3)nn21. The van der Waals surface area contributed by atoms with Gasteiger partial charge < -0.3 is 5.11 Å². The van der Waals surface area contributed by atoms with Crippen LogP contribution < -0.4 is 0 Å². The van der Waals surface area contributed by atoms with Gasteiger partial charge in [-0.05, 0) is 35.5 Å². The van der Waals surface area contributed by atoms with Gasteiger partial charge in [0.1, 0.15) is 5.03 Å². The standard InChI is InChI=1S/C19H13N5OS/c25-18-15-10-14(12-4-2-1-3-5-12)11-21-17(15)26-19-22-16(23-24(18)19)13-6-8-20-9-7-13/h1-11,18,25H/t18-/m1/s1. The molecule has 3 aromatic heterocycles. The number of fused-ring (bicyclic) bond motifs is 2. The van der Waals surface area contributed by atoms with E-state index in [1.165, 1.54) is 11.8 Å². The third kappa shape index (κ3) is 2.49. The first-order chi connectivity index (χ1) is 12.8. The fourth-order valence-corrected chi connectivity index (χ4v) is 3.83. The second-order valence-electron chi connectivity index (χ2n) is 5.86. The molecule has 126 valence electrons. The van der Waals surface area contributed by atoms with E-state index < -0.39 is 6.23 Å². The molecule has 0 fully saturated rings. The van der Waals surface area contributed by atoms with Crippen LogP contribution in [0.15, 0.2) is 77.3 Å². The summed E-state index contributed by atoms with van der Waals surface area (Å²) in [5.74, 6) is 0.560. The monoisotopic (exact) mass is 359 g/mol. The molecule has 0 bridgehead atoms. The minimum atomic E-state index is -0.916. The molecule has 1 aromatic carbocycles. The molecule has 4 aromatic rings. The molecule has 1 atom stereocenters. The number of aliphatic hydroxyl groups is 1. The molecular formula is C19H13N5OS. The predicted molar refractivity (Wildman–Crippen MR) is 97.4 cm³/mol. The lowest BCUT2D eigenvalue weighted by Crippen LogP contribution is -2.18. The quantitative estimate of drug-likeness (QED) is 0.591. The highest BCUT2D eigenvalue weighted by atomic mass is 32.2. The van der Waals surface area contributed by atoms with E-state index in [4.69, 9.17) is 0 Å². The molecule has 0 amide bonds. The molecule has 1 aliphatic rings. The Kier molecular flexibility index (Phi) is 3.55. The summed E-state index contributed by atoms with van der Waals surface area (Å²) >= 11 is 1.41. The smallest absolute Gasteiger partial charge is 0.195 e. The van der Waals surface area contributed by atoms with E-state index in [1.807, 2.05) is 54.7 Å². The lowest BCUT2D eigenvalue weighted by atomic mass is 10.1. The van der Waals surface area contributed by atoms with E-state index >= 15 is 0 Å². The van der Waals surface area contributed by atoms with Gasteiger partial charge in [-0.2, -0.15) is 0 Å². The van der Waals surface area contributed by atoms with E-state index in [9.17, 15) is 5.11 Å². The summed E-state index contributed by atoms with van der Waals surface area (Å²) in [6, 6.07) is 15.6. The van der Waals surface area contributed by atoms with Crippen molar-refractivity contribution >= 4 is 11.8 Å². The van der Waals surface area contributed by atoms with Crippen LogP contribution >= 0.6 is 11.8 Å². The summed E-state index contributed by atoms with van der Waals surface area (Å²) in [4.78, 5) is 13.1. The fourth-order valence-electron chi connectivity index (χ4n) is 2.91. The maximum absolute atomic E-state index is 10.8. The summed E-state index contributed by atoms with van der Waals surface area (Å²) < 4.78 is 1.54. The Labute approximate surface area is 153 Å². The van der Waals surface area contributed by atoms with Crippen molar-refractivity contribution in [1.29, 1.82) is 0 Å². The van der Waals surface area contributed by atoms with Crippen LogP contribution in [0.25, 0.3) is 22.5 Å². The first-order valence-corrected chi connectivity index (χ1v) is 8.89. The fraction of sp³-hybridized carbons (Fsp3) is 0.0526. The zero-order chi connectivity index (χ0) is 17.5. The summed E-state index contributed by atoms with van der Waals surface area (Å²) in [6.45, 7) is 0. The van der Waals surface area contributed by atoms with Crippen molar-refractivity contribution < 1.29 is 5.11 Å². The first-order valence-electron chi connectivity index (χ1n) is 8.08. The molecule has 0 aliphatic carbocycles. The third-order valence-corrected chi connectivity index (χ3v) is 5.22. The van der Waals surface area contributed by atoms with Gasteiger partial charge in [0.05, 0.1) is 0 Å². The highest BCUT2D eigenvalue weighted by Gasteiger charge is 2.29. The van der Waals surface area contributed by atoms with E-state index in [1.54, 1.807) is 17.1 Å². The van der Waals surface area contributed by atoms with Crippen LogP contribution in [0.5, 0.6) is 0 Å². The van der Waals surface area contributed by atoms with Crippen LogP contribution in [-0.4, -0.2) is 29.8 Å². The maximum atomic E-state index is 10.8. The lowest BCUT2D eigenvalue weighted by molar-refractivity contribution is 0.115. The number of aliphatic hydroxyl groups excluding tert-OH is 1. The van der Waals surface area contributed by atoms with Gasteiger partial charge in [-0.1, -0.05) is 30.3 Å². The Morgan fingerprint density at radius 3 is 2.58 bits per heavy atom. The minimum Gasteiger partial charge on any atom is -0.368 e. The summed E-state index contributed by atoms with van der Waals surface area (Å²) in [5, 5.41) is 16.7. The van der Waals surface area contributed by atoms with Gasteiger partial charge in [0.2, 0.25) is 0 Å². The van der Waals surface area contributed by atoms with E-state index in [0.717, 1.165) is 27.3 Å². The Hall–Kier alpha value is -3.03. The molecule has 7 heteroatoms. The molecule has 4 heterocycles. The van der Waals surface area contributed by atoms with Crippen LogP contribution in [-0.2, 0) is 0 Å². The van der Waals surface area contributed by atoms with Crippen LogP contribution in [0.2, 0.25) is 0 Å². The van der Waals surface area contributed by atoms with Crippen molar-refractivity contribution in [3.63, 3.8) is 0 Å². The molecule has 0 saturated heterocycles. The number of pyridine rings is 2. The molecule has 0 spiro atoms. The summed E-state index contributed by atoms with van der Waals surface area (Å²) in [6.07, 6.45) is 4.30. The van der Waals surface area contributed by atoms with Crippen LogP contribution in [0.4, 0.5) is 0 Å². The first kappa shape index (κ1) is 15.2. The molecule has 1 aliphatic heterocycles. The Morgan fingerprint density at radius 2 is 1.77 bits per heavy atom. The van der Waals surface area contributed by atoms with E-state index in [-0.39, 0.29) is 0 Å². The zero-order valence-electron chi connectivity index (χ0n) is 13.5. The second-order valence-corrected chi connectivity index (χ2v) is 6.81. The van der Waals surface area contributed by atoms with Gasteiger partial charge in [0.25, 0.3) is 0 Å². The largest absolute Gasteiger partial charge is 0.368 e. The summed E-state index contributed by atoms with van der Waals surface area (Å²) in [5.41, 5.74) is 3.61. The highest BCUT2D eigenvalue weighted by Crippen LogP contribution is 2.40. The van der Waals surface area contributed by atoms with Gasteiger partial charge >= 0.3 is 0 Å². The van der Waals surface area contributed by atoms with Crippen LogP contribution in [0.1, 0.15) is 11.8 Å². The van der Waals surface area contributed by atoms with Gasteiger partial charge in [-0.15, -0.1) is 5.10 Å². The van der Waals surface area contributed by atoms with Crippen LogP contribution in [0, 0.1) is 0 Å². The van der Waals surface area contributed by atoms with E-state index in [0.29, 0.717) is 11.0 Å². The average molecular weight is 359 g/mol. The topological polar surface area (TPSA) is 76.7 Å². The third-order valence-electron chi connectivity index (χ3n) is 4.22. The Balaban J connectivity index is 1.56. The minimum absolute atomic E-state index is 0.560. The molecule has 26 heavy (non-hydrogen) atoms. The van der Waals surface area contributed by atoms with Gasteiger partial charge in [-0.3, -0.25) is 4.98 Å². The number of hydrogen-bond acceptors (Lipinski definition) is 6. The maximum Gasteiger partial charge on any atom is 0.195 e. The number of benzene rings is 1. The Bertz CT molecular complexity index is 1080. The van der Waals surface area contributed by atoms with Gasteiger partial charge in [-0.25, -0.2) is 14.6 Å². The van der Waals surface area contributed by atoms with Crippen LogP contribution in [0.3, 0.4) is 0 Å². The van der Waals surface area contributed by atoms with Crippen molar-refractivity contribution in [2.24, 2.45) is 0 Å². The lowest BCUT2D eigenvalue weighted by Gasteiger charge is -2.21. The van der Waals surface area contributed by atoms with Crippen molar-refractivity contribution in [3.8, 4) is 22.5 Å². The van der Waals surface area contributed by atoms with E-state index in [2.05, 4.69) is 20.1 Å². The summed E-state index contributed by atoms with van der Waals surface area (Å²) in [7, 11) is 0. The predicted octanol–water partition coefficient (Wildman–Crippen LogP) is 3.41. The second kappa shape index (κ2) is 6.05. The average Bonchev–Trinajstić information content (AvgIpc) is 3.14. The van der Waals surface area contributed by atoms with Crippen molar-refractivity contribution in [2.45, 2.75) is 16.4 Å². The van der Waals surface area contributed by atoms with Crippen molar-refractivity contribution in [3.05, 3.63) is 72.7 Å². The highest BCUT2D eigenvalue weighted by molar-refractivity contribution is 7.99. The molecule has 6 nitrogen and oxygen atoms in total. The zero-order valence-corrected chi connectivity index (χ0v) is 14.3. The molecular weight excluding hydrogens is 346 g/mol. The van der Waals surface area contributed by atoms with Gasteiger partial charge in [0, 0.05) is 35.3 Å². The Morgan fingerprint density at radius 1 is 0.962 bits per heavy atom. The van der Waals surface area contributed by atoms with Crippen molar-refractivity contribution in [1.82, 2.24) is 24.7 Å². The number of rotatable bonds is 2.